The summed E-state index contributed by atoms with van der Waals surface area (Å²) in [6, 6.07) is 13.9. The number of nitrogens with one attached hydrogen (secondary N) is 3. The lowest BCUT2D eigenvalue weighted by Crippen LogP contribution is -2.47. The lowest BCUT2D eigenvalue weighted by Gasteiger charge is -2.16. The number of hydrazone groups is 1. The van der Waals surface area contributed by atoms with Gasteiger partial charge < -0.3 is 19.8 Å². The Morgan fingerprint density at radius 2 is 2.03 bits per heavy atom. The van der Waals surface area contributed by atoms with E-state index in [1.807, 2.05) is 55.5 Å². The summed E-state index contributed by atoms with van der Waals surface area (Å²) >= 11 is 0. The normalized spacial score (nSPS) is 11.7. The molecule has 0 saturated carbocycles. The summed E-state index contributed by atoms with van der Waals surface area (Å²) in [6.45, 7) is 2.01. The van der Waals surface area contributed by atoms with Crippen LogP contribution >= 0.6 is 0 Å². The molecule has 0 unspecified atom stereocenters. The smallest absolute Gasteiger partial charge is 0.408 e. The van der Waals surface area contributed by atoms with E-state index in [2.05, 4.69) is 25.8 Å². The molecule has 1 atom stereocenters. The molecule has 2 amide bonds. The highest BCUT2D eigenvalue weighted by molar-refractivity contribution is 5.87. The Morgan fingerprint density at radius 1 is 1.22 bits per heavy atom. The number of aryl methyl sites for hydroxylation is 1. The van der Waals surface area contributed by atoms with Gasteiger partial charge in [-0.1, -0.05) is 30.3 Å². The minimum Gasteiger partial charge on any atom is -0.496 e. The van der Waals surface area contributed by atoms with Crippen LogP contribution in [0.1, 0.15) is 22.4 Å². The highest BCUT2D eigenvalue weighted by Gasteiger charge is 2.22. The molecule has 1 heterocycles. The topological polar surface area (TPSA) is 118 Å². The van der Waals surface area contributed by atoms with Gasteiger partial charge in [-0.3, -0.25) is 4.79 Å². The number of imidazole rings is 1. The lowest BCUT2D eigenvalue weighted by molar-refractivity contribution is -0.123. The maximum atomic E-state index is 12.7. The number of aromatic nitrogens is 2. The first kappa shape index (κ1) is 22.5. The van der Waals surface area contributed by atoms with Crippen LogP contribution in [-0.4, -0.2) is 41.3 Å². The summed E-state index contributed by atoms with van der Waals surface area (Å²) in [6.07, 6.45) is 4.10. The number of carbonyl (C=O) groups excluding carboxylic acids is 2. The van der Waals surface area contributed by atoms with E-state index in [0.717, 1.165) is 22.4 Å². The Hall–Kier alpha value is -4.14. The predicted molar refractivity (Wildman–Crippen MR) is 119 cm³/mol. The Kier molecular flexibility index (Phi) is 7.96. The molecule has 2 aromatic carbocycles. The van der Waals surface area contributed by atoms with Crippen LogP contribution < -0.4 is 15.5 Å². The number of aromatic amines is 1. The molecule has 1 aromatic heterocycles. The van der Waals surface area contributed by atoms with E-state index in [9.17, 15) is 9.59 Å². The van der Waals surface area contributed by atoms with E-state index in [4.69, 9.17) is 9.47 Å². The van der Waals surface area contributed by atoms with Gasteiger partial charge in [-0.2, -0.15) is 5.10 Å². The highest BCUT2D eigenvalue weighted by Crippen LogP contribution is 2.17. The molecule has 0 spiro atoms. The summed E-state index contributed by atoms with van der Waals surface area (Å²) in [7, 11) is 1.61. The van der Waals surface area contributed by atoms with Crippen molar-refractivity contribution in [2.45, 2.75) is 26.0 Å². The van der Waals surface area contributed by atoms with Crippen molar-refractivity contribution < 1.29 is 19.1 Å². The zero-order valence-corrected chi connectivity index (χ0v) is 17.9. The van der Waals surface area contributed by atoms with E-state index in [0.29, 0.717) is 5.69 Å². The van der Waals surface area contributed by atoms with Crippen LogP contribution in [0.2, 0.25) is 0 Å². The molecule has 0 aliphatic heterocycles. The molecular formula is C23H25N5O4. The monoisotopic (exact) mass is 435 g/mol. The fourth-order valence-corrected chi connectivity index (χ4v) is 2.96. The van der Waals surface area contributed by atoms with Gasteiger partial charge in [-0.05, 0) is 41.8 Å². The van der Waals surface area contributed by atoms with Gasteiger partial charge in [-0.25, -0.2) is 15.2 Å². The highest BCUT2D eigenvalue weighted by atomic mass is 16.5. The molecule has 3 aromatic rings. The van der Waals surface area contributed by atoms with E-state index in [1.54, 1.807) is 13.3 Å². The maximum Gasteiger partial charge on any atom is 0.408 e. The number of amides is 2. The number of carbonyl (C=O) groups is 2. The van der Waals surface area contributed by atoms with Crippen molar-refractivity contribution in [2.75, 3.05) is 7.11 Å². The van der Waals surface area contributed by atoms with Gasteiger partial charge in [0, 0.05) is 18.3 Å². The molecule has 32 heavy (non-hydrogen) atoms. The molecule has 0 fully saturated rings. The summed E-state index contributed by atoms with van der Waals surface area (Å²) in [5.74, 6) is 0.279. The molecule has 3 N–H and O–H groups in total. The van der Waals surface area contributed by atoms with Gasteiger partial charge >= 0.3 is 6.09 Å². The van der Waals surface area contributed by atoms with E-state index in [1.165, 1.54) is 12.5 Å². The van der Waals surface area contributed by atoms with Crippen molar-refractivity contribution in [3.8, 4) is 5.75 Å². The van der Waals surface area contributed by atoms with E-state index in [-0.39, 0.29) is 13.0 Å². The average Bonchev–Trinajstić information content (AvgIpc) is 3.31. The average molecular weight is 435 g/mol. The second-order valence-electron chi connectivity index (χ2n) is 7.00. The maximum absolute atomic E-state index is 12.7. The van der Waals surface area contributed by atoms with Crippen LogP contribution in [0.15, 0.2) is 66.2 Å². The van der Waals surface area contributed by atoms with Crippen molar-refractivity contribution in [3.05, 3.63) is 83.4 Å². The quantitative estimate of drug-likeness (QED) is 0.353. The Bertz CT molecular complexity index is 1050. The zero-order chi connectivity index (χ0) is 22.8. The third kappa shape index (κ3) is 6.69. The third-order valence-corrected chi connectivity index (χ3v) is 4.61. The molecule has 0 saturated heterocycles. The Balaban J connectivity index is 1.60. The predicted octanol–water partition coefficient (Wildman–Crippen LogP) is 2.71. The van der Waals surface area contributed by atoms with Crippen molar-refractivity contribution >= 4 is 18.2 Å². The summed E-state index contributed by atoms with van der Waals surface area (Å²) < 4.78 is 10.5. The first-order valence-corrected chi connectivity index (χ1v) is 9.97. The minimum atomic E-state index is -0.909. The Morgan fingerprint density at radius 3 is 2.72 bits per heavy atom. The van der Waals surface area contributed by atoms with Gasteiger partial charge in [0.1, 0.15) is 18.4 Å². The first-order chi connectivity index (χ1) is 15.5. The van der Waals surface area contributed by atoms with Crippen LogP contribution in [0.3, 0.4) is 0 Å². The van der Waals surface area contributed by atoms with Crippen molar-refractivity contribution in [1.29, 1.82) is 0 Å². The van der Waals surface area contributed by atoms with Crippen molar-refractivity contribution in [2.24, 2.45) is 5.10 Å². The number of alkyl carbamates (subject to hydrolysis) is 1. The number of rotatable bonds is 9. The number of methoxy groups -OCH3 is 1. The molecular weight excluding hydrogens is 410 g/mol. The molecule has 166 valence electrons. The van der Waals surface area contributed by atoms with Crippen LogP contribution in [0.5, 0.6) is 5.75 Å². The van der Waals surface area contributed by atoms with Gasteiger partial charge in [0.25, 0.3) is 5.91 Å². The molecule has 9 nitrogen and oxygen atoms in total. The molecule has 9 heteroatoms. The molecule has 0 radical (unpaired) electrons. The number of benzene rings is 2. The number of H-pyrrole nitrogens is 1. The van der Waals surface area contributed by atoms with E-state index >= 15 is 0 Å². The number of nitrogens with zero attached hydrogens (tertiary/aromatic N) is 2. The van der Waals surface area contributed by atoms with Gasteiger partial charge in [0.05, 0.1) is 19.7 Å². The van der Waals surface area contributed by atoms with Gasteiger partial charge in [-0.15, -0.1) is 0 Å². The van der Waals surface area contributed by atoms with Crippen LogP contribution in [0.4, 0.5) is 4.79 Å². The van der Waals surface area contributed by atoms with Crippen LogP contribution in [-0.2, 0) is 22.6 Å². The molecule has 0 aliphatic rings. The summed E-state index contributed by atoms with van der Waals surface area (Å²) in [4.78, 5) is 31.8. The fraction of sp³-hybridized carbons (Fsp3) is 0.217. The van der Waals surface area contributed by atoms with Crippen molar-refractivity contribution in [3.63, 3.8) is 0 Å². The van der Waals surface area contributed by atoms with Crippen molar-refractivity contribution in [1.82, 2.24) is 20.7 Å². The van der Waals surface area contributed by atoms with Gasteiger partial charge in [0.2, 0.25) is 0 Å². The summed E-state index contributed by atoms with van der Waals surface area (Å²) in [5.41, 5.74) is 5.74. The van der Waals surface area contributed by atoms with Crippen LogP contribution in [0, 0.1) is 6.92 Å². The standard InChI is InChI=1S/C23H25N5O4/c1-16-10-18(8-9-21(16)31-2)12-26-28-22(29)20(11-19-13-24-15-25-19)27-23(30)32-14-17-6-4-3-5-7-17/h3-10,12-13,15,20H,11,14H2,1-2H3,(H,24,25)(H,27,30)(H,28,29)/b26-12-/t20-/m1/s1. The number of hydrogen-bond donors (Lipinski definition) is 3. The SMILES string of the molecule is COc1ccc(/C=N\NC(=O)[C@@H](Cc2cnc[nH]2)NC(=O)OCc2ccccc2)cc1C. The number of hydrogen-bond acceptors (Lipinski definition) is 6. The largest absolute Gasteiger partial charge is 0.496 e. The Labute approximate surface area is 185 Å². The fourth-order valence-electron chi connectivity index (χ4n) is 2.96. The molecule has 0 bridgehead atoms. The second kappa shape index (κ2) is 11.3. The molecule has 3 rings (SSSR count). The van der Waals surface area contributed by atoms with Crippen LogP contribution in [0.25, 0.3) is 0 Å². The van der Waals surface area contributed by atoms with E-state index < -0.39 is 18.0 Å². The third-order valence-electron chi connectivity index (χ3n) is 4.61. The van der Waals surface area contributed by atoms with Gasteiger partial charge in [0.15, 0.2) is 0 Å². The second-order valence-corrected chi connectivity index (χ2v) is 7.00. The zero-order valence-electron chi connectivity index (χ0n) is 17.9. The number of ether oxygens (including phenoxy) is 2. The minimum absolute atomic E-state index is 0.0973. The first-order valence-electron chi connectivity index (χ1n) is 9.97. The molecule has 0 aliphatic carbocycles. The lowest BCUT2D eigenvalue weighted by atomic mass is 10.1. The summed E-state index contributed by atoms with van der Waals surface area (Å²) in [5, 5.41) is 6.59.